The van der Waals surface area contributed by atoms with Gasteiger partial charge in [-0.15, -0.1) is 11.8 Å². The number of carbonyl (C=O) groups excluding carboxylic acids is 1. The van der Waals surface area contributed by atoms with Gasteiger partial charge in [0.05, 0.1) is 11.8 Å². The number of thioether (sulfide) groups is 1. The number of nitrogens with zero attached hydrogens (tertiary/aromatic N) is 1. The molecule has 116 valence electrons. The van der Waals surface area contributed by atoms with Crippen molar-refractivity contribution in [3.8, 4) is 0 Å². The Labute approximate surface area is 138 Å². The average Bonchev–Trinajstić information content (AvgIpc) is 3.01. The second kappa shape index (κ2) is 7.15. The van der Waals surface area contributed by atoms with E-state index in [0.29, 0.717) is 11.3 Å². The summed E-state index contributed by atoms with van der Waals surface area (Å²) in [5, 5.41) is 2.87. The molecule has 0 saturated carbocycles. The molecule has 0 spiro atoms. The third-order valence-corrected chi connectivity index (χ3v) is 4.43. The van der Waals surface area contributed by atoms with Crippen molar-refractivity contribution in [2.24, 2.45) is 0 Å². The third kappa shape index (κ3) is 4.02. The number of aryl methyl sites for hydroxylation is 1. The van der Waals surface area contributed by atoms with Crippen molar-refractivity contribution in [1.29, 1.82) is 0 Å². The Morgan fingerprint density at radius 3 is 2.70 bits per heavy atom. The quantitative estimate of drug-likeness (QED) is 0.701. The molecule has 0 radical (unpaired) electrons. The van der Waals surface area contributed by atoms with Crippen LogP contribution in [-0.4, -0.2) is 10.9 Å². The van der Waals surface area contributed by atoms with E-state index >= 15 is 0 Å². The molecule has 23 heavy (non-hydrogen) atoms. The first kappa shape index (κ1) is 15.4. The zero-order chi connectivity index (χ0) is 16.1. The van der Waals surface area contributed by atoms with E-state index in [9.17, 15) is 4.79 Å². The number of hydrogen-bond donors (Lipinski definition) is 1. The van der Waals surface area contributed by atoms with Gasteiger partial charge in [-0.3, -0.25) is 9.78 Å². The van der Waals surface area contributed by atoms with Gasteiger partial charge in [0.2, 0.25) is 0 Å². The Hall–Kier alpha value is -2.53. The number of anilines is 1. The minimum Gasteiger partial charge on any atom is -0.469 e. The van der Waals surface area contributed by atoms with Gasteiger partial charge in [0.1, 0.15) is 5.76 Å². The van der Waals surface area contributed by atoms with Crippen LogP contribution in [-0.2, 0) is 5.75 Å². The Bertz CT molecular complexity index is 782. The fourth-order valence-corrected chi connectivity index (χ4v) is 2.94. The molecule has 0 bridgehead atoms. The lowest BCUT2D eigenvalue weighted by atomic mass is 10.2. The molecule has 0 atom stereocenters. The Morgan fingerprint density at radius 2 is 2.04 bits per heavy atom. The highest BCUT2D eigenvalue weighted by Gasteiger charge is 2.11. The SMILES string of the molecule is Cc1occc1C(=O)Nc1ccc(SCc2cccnc2)cc1. The van der Waals surface area contributed by atoms with Gasteiger partial charge in [-0.25, -0.2) is 0 Å². The van der Waals surface area contributed by atoms with Crippen molar-refractivity contribution in [1.82, 2.24) is 4.98 Å². The predicted molar refractivity (Wildman–Crippen MR) is 91.6 cm³/mol. The molecule has 0 fully saturated rings. The average molecular weight is 324 g/mol. The molecular formula is C18H16N2O2S. The maximum atomic E-state index is 12.1. The van der Waals surface area contributed by atoms with Crippen LogP contribution in [0.4, 0.5) is 5.69 Å². The van der Waals surface area contributed by atoms with E-state index in [2.05, 4.69) is 16.4 Å². The molecule has 2 aromatic heterocycles. The van der Waals surface area contributed by atoms with Crippen LogP contribution in [0, 0.1) is 6.92 Å². The lowest BCUT2D eigenvalue weighted by molar-refractivity contribution is 0.102. The van der Waals surface area contributed by atoms with E-state index in [4.69, 9.17) is 4.42 Å². The van der Waals surface area contributed by atoms with Crippen LogP contribution < -0.4 is 5.32 Å². The first-order valence-corrected chi connectivity index (χ1v) is 8.18. The fraction of sp³-hybridized carbons (Fsp3) is 0.111. The summed E-state index contributed by atoms with van der Waals surface area (Å²) in [5.74, 6) is 1.33. The number of furan rings is 1. The standard InChI is InChI=1S/C18H16N2O2S/c1-13-17(8-10-22-13)18(21)20-15-4-6-16(7-5-15)23-12-14-3-2-9-19-11-14/h2-11H,12H2,1H3,(H,20,21). The highest BCUT2D eigenvalue weighted by Crippen LogP contribution is 2.24. The molecule has 5 heteroatoms. The minimum absolute atomic E-state index is 0.160. The van der Waals surface area contributed by atoms with Crippen molar-refractivity contribution in [3.63, 3.8) is 0 Å². The van der Waals surface area contributed by atoms with Crippen LogP contribution in [0.3, 0.4) is 0 Å². The van der Waals surface area contributed by atoms with Gasteiger partial charge < -0.3 is 9.73 Å². The summed E-state index contributed by atoms with van der Waals surface area (Å²) >= 11 is 1.73. The van der Waals surface area contributed by atoms with E-state index in [1.165, 1.54) is 11.8 Å². The summed E-state index contributed by atoms with van der Waals surface area (Å²) < 4.78 is 5.15. The Kier molecular flexibility index (Phi) is 4.78. The summed E-state index contributed by atoms with van der Waals surface area (Å²) in [5.41, 5.74) is 2.51. The maximum absolute atomic E-state index is 12.1. The van der Waals surface area contributed by atoms with Gasteiger partial charge in [-0.2, -0.15) is 0 Å². The Morgan fingerprint density at radius 1 is 1.22 bits per heavy atom. The van der Waals surface area contributed by atoms with Crippen molar-refractivity contribution < 1.29 is 9.21 Å². The van der Waals surface area contributed by atoms with E-state index in [1.807, 2.05) is 36.5 Å². The van der Waals surface area contributed by atoms with Gasteiger partial charge in [0, 0.05) is 28.7 Å². The molecule has 0 aliphatic carbocycles. The Balaban J connectivity index is 1.59. The zero-order valence-corrected chi connectivity index (χ0v) is 13.5. The fourth-order valence-electron chi connectivity index (χ4n) is 2.10. The minimum atomic E-state index is -0.160. The number of aromatic nitrogens is 1. The smallest absolute Gasteiger partial charge is 0.259 e. The second-order valence-electron chi connectivity index (χ2n) is 5.02. The van der Waals surface area contributed by atoms with Gasteiger partial charge in [-0.1, -0.05) is 6.07 Å². The molecule has 3 rings (SSSR count). The molecular weight excluding hydrogens is 308 g/mol. The number of hydrogen-bond acceptors (Lipinski definition) is 4. The molecule has 0 unspecified atom stereocenters. The van der Waals surface area contributed by atoms with E-state index in [1.54, 1.807) is 30.9 Å². The first-order valence-electron chi connectivity index (χ1n) is 7.19. The number of nitrogens with one attached hydrogen (secondary N) is 1. The topological polar surface area (TPSA) is 55.1 Å². The van der Waals surface area contributed by atoms with E-state index < -0.39 is 0 Å². The van der Waals surface area contributed by atoms with Crippen LogP contribution in [0.2, 0.25) is 0 Å². The van der Waals surface area contributed by atoms with Crippen LogP contribution in [0.1, 0.15) is 21.7 Å². The van der Waals surface area contributed by atoms with Gasteiger partial charge in [0.25, 0.3) is 5.91 Å². The van der Waals surface area contributed by atoms with Gasteiger partial charge in [0.15, 0.2) is 0 Å². The van der Waals surface area contributed by atoms with E-state index in [-0.39, 0.29) is 5.91 Å². The second-order valence-corrected chi connectivity index (χ2v) is 6.07. The first-order chi connectivity index (χ1) is 11.2. The largest absolute Gasteiger partial charge is 0.469 e. The molecule has 0 saturated heterocycles. The molecule has 0 aliphatic heterocycles. The molecule has 0 aliphatic rings. The summed E-state index contributed by atoms with van der Waals surface area (Å²) in [6, 6.07) is 13.5. The van der Waals surface area contributed by atoms with Gasteiger partial charge >= 0.3 is 0 Å². The highest BCUT2D eigenvalue weighted by atomic mass is 32.2. The number of carbonyl (C=O) groups is 1. The predicted octanol–water partition coefficient (Wildman–Crippen LogP) is 4.53. The van der Waals surface area contributed by atoms with Crippen LogP contribution >= 0.6 is 11.8 Å². The summed E-state index contributed by atoms with van der Waals surface area (Å²) in [4.78, 5) is 17.4. The van der Waals surface area contributed by atoms with E-state index in [0.717, 1.165) is 16.3 Å². The van der Waals surface area contributed by atoms with Crippen molar-refractivity contribution in [2.75, 3.05) is 5.32 Å². The third-order valence-electron chi connectivity index (χ3n) is 3.34. The van der Waals surface area contributed by atoms with Crippen molar-refractivity contribution in [2.45, 2.75) is 17.6 Å². The number of rotatable bonds is 5. The lowest BCUT2D eigenvalue weighted by Gasteiger charge is -2.06. The van der Waals surface area contributed by atoms with Crippen LogP contribution in [0.15, 0.2) is 70.4 Å². The van der Waals surface area contributed by atoms with Gasteiger partial charge in [-0.05, 0) is 48.9 Å². The summed E-state index contributed by atoms with van der Waals surface area (Å²) in [6.45, 7) is 1.77. The lowest BCUT2D eigenvalue weighted by Crippen LogP contribution is -2.11. The maximum Gasteiger partial charge on any atom is 0.259 e. The van der Waals surface area contributed by atoms with Crippen LogP contribution in [0.25, 0.3) is 0 Å². The summed E-state index contributed by atoms with van der Waals surface area (Å²) in [7, 11) is 0. The van der Waals surface area contributed by atoms with Crippen LogP contribution in [0.5, 0.6) is 0 Å². The number of benzene rings is 1. The van der Waals surface area contributed by atoms with Crippen molar-refractivity contribution >= 4 is 23.4 Å². The summed E-state index contributed by atoms with van der Waals surface area (Å²) in [6.07, 6.45) is 5.16. The highest BCUT2D eigenvalue weighted by molar-refractivity contribution is 7.98. The zero-order valence-electron chi connectivity index (χ0n) is 12.7. The normalized spacial score (nSPS) is 10.5. The molecule has 1 amide bonds. The van der Waals surface area contributed by atoms with Crippen molar-refractivity contribution in [3.05, 3.63) is 78.0 Å². The number of pyridine rings is 1. The molecule has 4 nitrogen and oxygen atoms in total. The molecule has 1 N–H and O–H groups in total. The molecule has 1 aromatic carbocycles. The number of amides is 1. The monoisotopic (exact) mass is 324 g/mol. The molecule has 2 heterocycles. The molecule has 3 aromatic rings.